The summed E-state index contributed by atoms with van der Waals surface area (Å²) in [4.78, 5) is 28.7. The molecule has 2 aliphatic heterocycles. The number of anilines is 1. The van der Waals surface area contributed by atoms with Gasteiger partial charge in [-0.05, 0) is 18.2 Å². The van der Waals surface area contributed by atoms with Crippen molar-refractivity contribution < 1.29 is 23.1 Å². The van der Waals surface area contributed by atoms with Crippen molar-refractivity contribution in [3.05, 3.63) is 47.8 Å². The molecule has 3 atom stereocenters. The van der Waals surface area contributed by atoms with Gasteiger partial charge in [-0.1, -0.05) is 6.07 Å². The number of piperidine rings is 1. The van der Waals surface area contributed by atoms with Crippen LogP contribution in [0, 0.1) is 34.8 Å². The smallest absolute Gasteiger partial charge is 0.414 e. The second-order valence-corrected chi connectivity index (χ2v) is 8.62. The Bertz CT molecular complexity index is 1150. The molecule has 2 saturated heterocycles. The first-order chi connectivity index (χ1) is 15.8. The number of halogens is 2. The van der Waals surface area contributed by atoms with Crippen LogP contribution in [0.2, 0.25) is 0 Å². The van der Waals surface area contributed by atoms with Crippen LogP contribution < -0.4 is 15.5 Å². The Morgan fingerprint density at radius 2 is 2.03 bits per heavy atom. The van der Waals surface area contributed by atoms with E-state index in [0.717, 1.165) is 30.1 Å². The van der Waals surface area contributed by atoms with Gasteiger partial charge in [0.1, 0.15) is 23.2 Å². The number of amides is 2. The number of hydrogen-bond donors (Lipinski definition) is 2. The van der Waals surface area contributed by atoms with E-state index < -0.39 is 29.2 Å². The number of benzene rings is 1. The lowest BCUT2D eigenvalue weighted by molar-refractivity contribution is -0.119. The van der Waals surface area contributed by atoms with Gasteiger partial charge in [-0.2, -0.15) is 5.26 Å². The Morgan fingerprint density at radius 3 is 2.61 bits per heavy atom. The molecule has 8 nitrogen and oxygen atoms in total. The zero-order valence-corrected chi connectivity index (χ0v) is 17.8. The first-order valence-corrected chi connectivity index (χ1v) is 10.7. The minimum atomic E-state index is -0.847. The van der Waals surface area contributed by atoms with Crippen LogP contribution in [0.4, 0.5) is 19.3 Å². The summed E-state index contributed by atoms with van der Waals surface area (Å²) in [6, 6.07) is 7.76. The molecule has 1 saturated carbocycles. The molecule has 3 aliphatic rings. The lowest BCUT2D eigenvalue weighted by atomic mass is 9.95. The van der Waals surface area contributed by atoms with Gasteiger partial charge in [-0.25, -0.2) is 13.6 Å². The monoisotopic (exact) mass is 453 g/mol. The molecule has 0 radical (unpaired) electrons. The molecule has 3 fully saturated rings. The van der Waals surface area contributed by atoms with Crippen LogP contribution in [0.15, 0.2) is 30.5 Å². The van der Waals surface area contributed by atoms with Crippen LogP contribution >= 0.6 is 0 Å². The number of ether oxygens (including phenoxy) is 1. The highest BCUT2D eigenvalue weighted by atomic mass is 19.1. The summed E-state index contributed by atoms with van der Waals surface area (Å²) < 4.78 is 35.1. The molecule has 3 heterocycles. The van der Waals surface area contributed by atoms with E-state index >= 15 is 0 Å². The van der Waals surface area contributed by atoms with Crippen molar-refractivity contribution in [3.63, 3.8) is 0 Å². The van der Waals surface area contributed by atoms with Crippen molar-refractivity contribution in [2.45, 2.75) is 18.4 Å². The Labute approximate surface area is 188 Å². The molecule has 2 aromatic rings. The van der Waals surface area contributed by atoms with Crippen LogP contribution in [0.1, 0.15) is 12.6 Å². The summed E-state index contributed by atoms with van der Waals surface area (Å²) >= 11 is 0. The number of hydrogen-bond acceptors (Lipinski definition) is 6. The number of fused-ring (bicyclic) bond motifs is 1. The molecule has 1 aromatic carbocycles. The van der Waals surface area contributed by atoms with Gasteiger partial charge < -0.3 is 15.4 Å². The van der Waals surface area contributed by atoms with Gasteiger partial charge in [0.25, 0.3) is 0 Å². The Balaban J connectivity index is 1.37. The molecule has 0 bridgehead atoms. The van der Waals surface area contributed by atoms with Gasteiger partial charge in [0.05, 0.1) is 36.1 Å². The zero-order valence-electron chi connectivity index (χ0n) is 17.8. The molecule has 2 N–H and O–H groups in total. The van der Waals surface area contributed by atoms with Gasteiger partial charge in [0, 0.05) is 43.6 Å². The number of rotatable bonds is 5. The maximum Gasteiger partial charge on any atom is 0.414 e. The predicted octanol–water partition coefficient (Wildman–Crippen LogP) is 2.10. The normalized spacial score (nSPS) is 27.6. The third-order valence-corrected chi connectivity index (χ3v) is 6.73. The SMILES string of the molecule is CC(=O)NC[C@H]1CN(c2cc(F)c(-c3ccc(C4(C#N)C5CNCC54)nc3)c(F)c2)C(=O)O1. The Morgan fingerprint density at radius 1 is 1.33 bits per heavy atom. The van der Waals surface area contributed by atoms with E-state index in [2.05, 4.69) is 21.7 Å². The predicted molar refractivity (Wildman–Crippen MR) is 113 cm³/mol. The zero-order chi connectivity index (χ0) is 23.3. The second-order valence-electron chi connectivity index (χ2n) is 8.62. The average molecular weight is 453 g/mol. The molecule has 1 aliphatic carbocycles. The van der Waals surface area contributed by atoms with Gasteiger partial charge >= 0.3 is 6.09 Å². The van der Waals surface area contributed by atoms with E-state index in [-0.39, 0.29) is 47.6 Å². The third kappa shape index (κ3) is 3.40. The number of nitrogens with one attached hydrogen (secondary N) is 2. The molecule has 1 aromatic heterocycles. The molecule has 2 amide bonds. The van der Waals surface area contributed by atoms with Crippen LogP contribution in [-0.4, -0.2) is 49.3 Å². The first-order valence-electron chi connectivity index (χ1n) is 10.7. The second kappa shape index (κ2) is 7.78. The van der Waals surface area contributed by atoms with Crippen molar-refractivity contribution in [2.24, 2.45) is 11.8 Å². The molecule has 10 heteroatoms. The number of carbonyl (C=O) groups excluding carboxylic acids is 2. The molecule has 5 rings (SSSR count). The topological polar surface area (TPSA) is 107 Å². The standard InChI is InChI=1S/C23H21F2N5O3/c1-12(31)28-7-15-10-30(22(32)33-15)14-4-18(24)21(19(25)5-14)13-2-3-20(29-6-13)23(11-26)16-8-27-9-17(16)23/h2-6,15-17,27H,7-10H2,1H3,(H,28,31)/t15-,16?,17?,23?/m0/s1. The Kier molecular flexibility index (Phi) is 5.01. The number of nitriles is 1. The van der Waals surface area contributed by atoms with Crippen molar-refractivity contribution in [2.75, 3.05) is 31.1 Å². The van der Waals surface area contributed by atoms with Gasteiger partial charge in [0.2, 0.25) is 5.91 Å². The fourth-order valence-electron chi connectivity index (χ4n) is 5.02. The number of nitrogens with zero attached hydrogens (tertiary/aromatic N) is 3. The molecular weight excluding hydrogens is 432 g/mol. The largest absolute Gasteiger partial charge is 0.442 e. The van der Waals surface area contributed by atoms with Gasteiger partial charge in [-0.15, -0.1) is 0 Å². The van der Waals surface area contributed by atoms with E-state index in [1.807, 2.05) is 0 Å². The molecular formula is C23H21F2N5O3. The van der Waals surface area contributed by atoms with E-state index in [4.69, 9.17) is 4.74 Å². The van der Waals surface area contributed by atoms with E-state index in [1.54, 1.807) is 12.1 Å². The lowest BCUT2D eigenvalue weighted by Crippen LogP contribution is -2.33. The minimum absolute atomic E-state index is 0.0235. The van der Waals surface area contributed by atoms with Crippen molar-refractivity contribution in [1.29, 1.82) is 5.26 Å². The average Bonchev–Trinajstić information content (AvgIpc) is 3.09. The Hall–Kier alpha value is -3.58. The van der Waals surface area contributed by atoms with Crippen molar-refractivity contribution in [3.8, 4) is 17.2 Å². The number of aromatic nitrogens is 1. The lowest BCUT2D eigenvalue weighted by Gasteiger charge is -2.16. The fourth-order valence-corrected chi connectivity index (χ4v) is 5.02. The summed E-state index contributed by atoms with van der Waals surface area (Å²) in [5.41, 5.74) is -0.00830. The summed E-state index contributed by atoms with van der Waals surface area (Å²) in [6.45, 7) is 3.03. The highest BCUT2D eigenvalue weighted by molar-refractivity contribution is 5.90. The molecule has 2 unspecified atom stereocenters. The highest BCUT2D eigenvalue weighted by Crippen LogP contribution is 2.60. The first kappa shape index (κ1) is 21.3. The van der Waals surface area contributed by atoms with E-state index in [9.17, 15) is 23.6 Å². The summed E-state index contributed by atoms with van der Waals surface area (Å²) in [5.74, 6) is -1.54. The quantitative estimate of drug-likeness (QED) is 0.718. The number of carbonyl (C=O) groups is 2. The summed E-state index contributed by atoms with van der Waals surface area (Å²) in [6.07, 6.45) is 0.0210. The maximum atomic E-state index is 15.0. The fraction of sp³-hybridized carbons (Fsp3) is 0.391. The van der Waals surface area contributed by atoms with Crippen LogP contribution in [-0.2, 0) is 14.9 Å². The van der Waals surface area contributed by atoms with Gasteiger partial charge in [0.15, 0.2) is 0 Å². The van der Waals surface area contributed by atoms with E-state index in [0.29, 0.717) is 5.69 Å². The molecule has 170 valence electrons. The number of pyridine rings is 1. The number of cyclic esters (lactones) is 1. The summed E-state index contributed by atoms with van der Waals surface area (Å²) in [7, 11) is 0. The third-order valence-electron chi connectivity index (χ3n) is 6.73. The summed E-state index contributed by atoms with van der Waals surface area (Å²) in [5, 5.41) is 15.5. The maximum absolute atomic E-state index is 15.0. The van der Waals surface area contributed by atoms with Crippen molar-refractivity contribution >= 4 is 17.7 Å². The van der Waals surface area contributed by atoms with Crippen LogP contribution in [0.3, 0.4) is 0 Å². The van der Waals surface area contributed by atoms with E-state index in [1.165, 1.54) is 13.1 Å². The van der Waals surface area contributed by atoms with Crippen LogP contribution in [0.25, 0.3) is 11.1 Å². The van der Waals surface area contributed by atoms with Crippen molar-refractivity contribution in [1.82, 2.24) is 15.6 Å². The van der Waals surface area contributed by atoms with Crippen LogP contribution in [0.5, 0.6) is 0 Å². The van der Waals surface area contributed by atoms with Gasteiger partial charge in [-0.3, -0.25) is 14.7 Å². The highest BCUT2D eigenvalue weighted by Gasteiger charge is 2.69. The molecule has 33 heavy (non-hydrogen) atoms. The molecule has 0 spiro atoms. The minimum Gasteiger partial charge on any atom is -0.442 e.